The third kappa shape index (κ3) is 9.55. The van der Waals surface area contributed by atoms with Crippen molar-refractivity contribution >= 4 is 18.1 Å². The standard InChI is InChI=1S/C34H45F2N3O6/c1-32(2,3)44-30(41)37-34(7)13-15-38(16-14-34)28(40)20-39(31(42)45-33(4,5)6)27-19-24(27)25-17-23(35)18-26(36)29(25)43-21-22-11-9-8-10-12-22/h8-12,17-18,24,27H,13-16,19-21H2,1-7H3,(H,37,41)/t24-,27+/m0/s1. The number of alkyl carbamates (subject to hydrolysis) is 1. The van der Waals surface area contributed by atoms with Gasteiger partial charge in [0.2, 0.25) is 5.91 Å². The van der Waals surface area contributed by atoms with Gasteiger partial charge in [-0.25, -0.2) is 18.4 Å². The second kappa shape index (κ2) is 13.2. The Balaban J connectivity index is 1.47. The Kier molecular flexibility index (Phi) is 9.99. The summed E-state index contributed by atoms with van der Waals surface area (Å²) in [4.78, 5) is 42.3. The number of hydrogen-bond acceptors (Lipinski definition) is 6. The van der Waals surface area contributed by atoms with Crippen LogP contribution in [0.15, 0.2) is 42.5 Å². The van der Waals surface area contributed by atoms with E-state index in [9.17, 15) is 18.8 Å². The van der Waals surface area contributed by atoms with E-state index in [1.54, 1.807) is 46.4 Å². The molecule has 3 amide bonds. The van der Waals surface area contributed by atoms with Crippen LogP contribution < -0.4 is 10.1 Å². The smallest absolute Gasteiger partial charge is 0.411 e. The van der Waals surface area contributed by atoms with Crippen molar-refractivity contribution in [3.8, 4) is 5.75 Å². The molecule has 1 saturated carbocycles. The molecule has 1 N–H and O–H groups in total. The number of halogens is 2. The molecular formula is C34H45F2N3O6. The monoisotopic (exact) mass is 629 g/mol. The van der Waals surface area contributed by atoms with Crippen LogP contribution in [0.25, 0.3) is 0 Å². The third-order valence-electron chi connectivity index (χ3n) is 7.78. The molecule has 2 aliphatic rings. The number of nitrogens with zero attached hydrogens (tertiary/aromatic N) is 2. The summed E-state index contributed by atoms with van der Waals surface area (Å²) in [6, 6.07) is 10.7. The molecule has 0 bridgehead atoms. The first-order valence-electron chi connectivity index (χ1n) is 15.4. The van der Waals surface area contributed by atoms with Crippen molar-refractivity contribution < 1.29 is 37.4 Å². The van der Waals surface area contributed by atoms with E-state index in [2.05, 4.69) is 5.32 Å². The van der Waals surface area contributed by atoms with Crippen molar-refractivity contribution in [3.05, 3.63) is 65.2 Å². The number of amides is 3. The van der Waals surface area contributed by atoms with Crippen molar-refractivity contribution in [2.75, 3.05) is 19.6 Å². The number of ether oxygens (including phenoxy) is 3. The molecule has 0 spiro atoms. The van der Waals surface area contributed by atoms with Crippen molar-refractivity contribution in [1.82, 2.24) is 15.1 Å². The molecule has 1 aliphatic carbocycles. The SMILES string of the molecule is CC1(NC(=O)OC(C)(C)C)CCN(C(=O)CN(C(=O)OC(C)(C)C)[C@@H]2C[C@H]2c2cc(F)cc(F)c2OCc2ccccc2)CC1. The minimum Gasteiger partial charge on any atom is -0.486 e. The number of nitrogens with one attached hydrogen (secondary N) is 1. The zero-order chi connectivity index (χ0) is 33.2. The molecule has 2 aromatic carbocycles. The molecule has 2 fully saturated rings. The predicted octanol–water partition coefficient (Wildman–Crippen LogP) is 6.54. The fraction of sp³-hybridized carbons (Fsp3) is 0.559. The van der Waals surface area contributed by atoms with Crippen LogP contribution in [0.5, 0.6) is 5.75 Å². The van der Waals surface area contributed by atoms with Gasteiger partial charge in [-0.3, -0.25) is 9.69 Å². The van der Waals surface area contributed by atoms with Crippen LogP contribution in [-0.4, -0.2) is 70.3 Å². The predicted molar refractivity (Wildman–Crippen MR) is 165 cm³/mol. The summed E-state index contributed by atoms with van der Waals surface area (Å²) in [6.45, 7) is 13.0. The largest absolute Gasteiger partial charge is 0.486 e. The second-order valence-electron chi connectivity index (χ2n) is 14.2. The first kappa shape index (κ1) is 34.0. The average Bonchev–Trinajstić information content (AvgIpc) is 3.70. The Morgan fingerprint density at radius 2 is 1.60 bits per heavy atom. The molecule has 246 valence electrons. The highest BCUT2D eigenvalue weighted by molar-refractivity contribution is 5.83. The van der Waals surface area contributed by atoms with Crippen LogP contribution in [0.4, 0.5) is 18.4 Å². The van der Waals surface area contributed by atoms with Crippen LogP contribution in [0.1, 0.15) is 84.8 Å². The lowest BCUT2D eigenvalue weighted by molar-refractivity contribution is -0.134. The maximum Gasteiger partial charge on any atom is 0.411 e. The summed E-state index contributed by atoms with van der Waals surface area (Å²) < 4.78 is 46.4. The summed E-state index contributed by atoms with van der Waals surface area (Å²) in [5.74, 6) is -2.39. The lowest BCUT2D eigenvalue weighted by Crippen LogP contribution is -2.56. The number of hydrogen-bond donors (Lipinski definition) is 1. The third-order valence-corrected chi connectivity index (χ3v) is 7.78. The molecule has 9 nitrogen and oxygen atoms in total. The van der Waals surface area contributed by atoms with Gasteiger partial charge in [-0.05, 0) is 79.4 Å². The molecule has 0 aromatic heterocycles. The van der Waals surface area contributed by atoms with Gasteiger partial charge in [0.15, 0.2) is 11.6 Å². The Labute approximate surface area is 264 Å². The molecule has 0 unspecified atom stereocenters. The van der Waals surface area contributed by atoms with Crippen LogP contribution >= 0.6 is 0 Å². The minimum atomic E-state index is -0.831. The van der Waals surface area contributed by atoms with E-state index >= 15 is 4.39 Å². The van der Waals surface area contributed by atoms with Gasteiger partial charge in [-0.2, -0.15) is 0 Å². The number of piperidine rings is 1. The number of likely N-dealkylation sites (tertiary alicyclic amines) is 1. The van der Waals surface area contributed by atoms with E-state index < -0.39 is 52.5 Å². The number of benzene rings is 2. The number of rotatable bonds is 8. The summed E-state index contributed by atoms with van der Waals surface area (Å²) in [6.07, 6.45) is 0.194. The van der Waals surface area contributed by atoms with E-state index in [1.165, 1.54) is 11.0 Å². The molecule has 0 radical (unpaired) electrons. The quantitative estimate of drug-likeness (QED) is 0.356. The summed E-state index contributed by atoms with van der Waals surface area (Å²) in [5, 5.41) is 2.93. The van der Waals surface area contributed by atoms with Crippen molar-refractivity contribution in [2.24, 2.45) is 0 Å². The first-order chi connectivity index (χ1) is 20.9. The molecule has 11 heteroatoms. The maximum atomic E-state index is 15.0. The van der Waals surface area contributed by atoms with E-state index in [0.29, 0.717) is 37.9 Å². The summed E-state index contributed by atoms with van der Waals surface area (Å²) in [7, 11) is 0. The van der Waals surface area contributed by atoms with Crippen LogP contribution in [0.3, 0.4) is 0 Å². The van der Waals surface area contributed by atoms with Gasteiger partial charge in [0, 0.05) is 42.2 Å². The van der Waals surface area contributed by atoms with Crippen molar-refractivity contribution in [1.29, 1.82) is 0 Å². The minimum absolute atomic E-state index is 0.0731. The van der Waals surface area contributed by atoms with Gasteiger partial charge < -0.3 is 24.4 Å². The maximum absolute atomic E-state index is 15.0. The number of carbonyl (C=O) groups excluding carboxylic acids is 3. The summed E-state index contributed by atoms with van der Waals surface area (Å²) in [5.41, 5.74) is -0.883. The molecule has 4 rings (SSSR count). The first-order valence-corrected chi connectivity index (χ1v) is 15.4. The lowest BCUT2D eigenvalue weighted by Gasteiger charge is -2.40. The zero-order valence-electron chi connectivity index (χ0n) is 27.2. The highest BCUT2D eigenvalue weighted by atomic mass is 19.1. The Bertz CT molecular complexity index is 1380. The van der Waals surface area contributed by atoms with Crippen LogP contribution in [-0.2, 0) is 20.9 Å². The van der Waals surface area contributed by atoms with Gasteiger partial charge in [-0.1, -0.05) is 30.3 Å². The van der Waals surface area contributed by atoms with Crippen molar-refractivity contribution in [3.63, 3.8) is 0 Å². The van der Waals surface area contributed by atoms with Crippen LogP contribution in [0.2, 0.25) is 0 Å². The normalized spacial score (nSPS) is 19.4. The van der Waals surface area contributed by atoms with Gasteiger partial charge in [0.1, 0.15) is 30.2 Å². The van der Waals surface area contributed by atoms with Gasteiger partial charge in [-0.15, -0.1) is 0 Å². The Morgan fingerprint density at radius 3 is 2.20 bits per heavy atom. The second-order valence-corrected chi connectivity index (χ2v) is 14.2. The van der Waals surface area contributed by atoms with Crippen LogP contribution in [0, 0.1) is 11.6 Å². The highest BCUT2D eigenvalue weighted by Crippen LogP contribution is 2.49. The highest BCUT2D eigenvalue weighted by Gasteiger charge is 2.49. The van der Waals surface area contributed by atoms with E-state index in [4.69, 9.17) is 14.2 Å². The van der Waals surface area contributed by atoms with E-state index in [-0.39, 0.29) is 24.8 Å². The summed E-state index contributed by atoms with van der Waals surface area (Å²) >= 11 is 0. The topological polar surface area (TPSA) is 97.4 Å². The van der Waals surface area contributed by atoms with E-state index in [1.807, 2.05) is 37.3 Å². The van der Waals surface area contributed by atoms with Crippen molar-refractivity contribution in [2.45, 2.75) is 103 Å². The van der Waals surface area contributed by atoms with Gasteiger partial charge >= 0.3 is 12.2 Å². The Hall–Kier alpha value is -3.89. The lowest BCUT2D eigenvalue weighted by atomic mass is 9.89. The van der Waals surface area contributed by atoms with E-state index in [0.717, 1.165) is 11.6 Å². The fourth-order valence-corrected chi connectivity index (χ4v) is 5.41. The molecule has 1 heterocycles. The zero-order valence-corrected chi connectivity index (χ0v) is 27.2. The van der Waals surface area contributed by atoms with Gasteiger partial charge in [0.25, 0.3) is 0 Å². The molecule has 2 atom stereocenters. The Morgan fingerprint density at radius 1 is 0.978 bits per heavy atom. The average molecular weight is 630 g/mol. The molecule has 1 aliphatic heterocycles. The molecule has 1 saturated heterocycles. The van der Waals surface area contributed by atoms with Gasteiger partial charge in [0.05, 0.1) is 0 Å². The molecule has 45 heavy (non-hydrogen) atoms. The number of carbonyl (C=O) groups is 3. The molecule has 2 aromatic rings. The molecular weight excluding hydrogens is 584 g/mol. The fourth-order valence-electron chi connectivity index (χ4n) is 5.41.